The molecule has 2 heteroatoms. The molecule has 1 unspecified atom stereocenters. The first kappa shape index (κ1) is 10.5. The molecular weight excluding hydrogens is 162 g/mol. The summed E-state index contributed by atoms with van der Waals surface area (Å²) in [6.45, 7) is 3.62. The third-order valence-electron chi connectivity index (χ3n) is 3.15. The van der Waals surface area contributed by atoms with Gasteiger partial charge in [0.15, 0.2) is 0 Å². The predicted octanol–water partition coefficient (Wildman–Crippen LogP) is 2.48. The highest BCUT2D eigenvalue weighted by molar-refractivity contribution is 4.97. The van der Waals surface area contributed by atoms with Crippen molar-refractivity contribution in [1.29, 1.82) is 5.26 Å². The second kappa shape index (κ2) is 4.11. The third kappa shape index (κ3) is 2.70. The molecule has 13 heavy (non-hydrogen) atoms. The molecule has 1 N–H and O–H groups in total. The first-order chi connectivity index (χ1) is 6.06. The van der Waals surface area contributed by atoms with E-state index in [-0.39, 0.29) is 0 Å². The Kier molecular flexibility index (Phi) is 3.33. The lowest BCUT2D eigenvalue weighted by Gasteiger charge is -2.25. The van der Waals surface area contributed by atoms with E-state index in [0.717, 1.165) is 6.42 Å². The number of aliphatic hydroxyl groups is 1. The van der Waals surface area contributed by atoms with Crippen LogP contribution < -0.4 is 0 Å². The summed E-state index contributed by atoms with van der Waals surface area (Å²) < 4.78 is 0. The van der Waals surface area contributed by atoms with Gasteiger partial charge in [-0.15, -0.1) is 0 Å². The Balaban J connectivity index is 2.40. The molecule has 0 aromatic heterocycles. The van der Waals surface area contributed by atoms with Crippen LogP contribution >= 0.6 is 0 Å². The summed E-state index contributed by atoms with van der Waals surface area (Å²) in [5.41, 5.74) is -0.581. The normalized spacial score (nSPS) is 21.4. The molecule has 1 aliphatic rings. The second-order valence-corrected chi connectivity index (χ2v) is 4.74. The van der Waals surface area contributed by atoms with Crippen molar-refractivity contribution in [2.45, 2.75) is 52.1 Å². The Morgan fingerprint density at radius 2 is 2.00 bits per heavy atom. The van der Waals surface area contributed by atoms with Crippen molar-refractivity contribution in [3.63, 3.8) is 0 Å². The Labute approximate surface area is 80.6 Å². The van der Waals surface area contributed by atoms with E-state index in [1.807, 2.05) is 13.8 Å². The minimum atomic E-state index is -0.581. The van der Waals surface area contributed by atoms with Crippen LogP contribution in [-0.4, -0.2) is 11.2 Å². The number of rotatable bonds is 3. The lowest BCUT2D eigenvalue weighted by molar-refractivity contribution is 0.0630. The SMILES string of the molecule is CC(C)(C#N)C(O)CC1CCCC1. The van der Waals surface area contributed by atoms with Crippen molar-refractivity contribution >= 4 is 0 Å². The van der Waals surface area contributed by atoms with Crippen LogP contribution in [0.1, 0.15) is 46.0 Å². The minimum absolute atomic E-state index is 0.458. The summed E-state index contributed by atoms with van der Waals surface area (Å²) in [4.78, 5) is 0. The maximum Gasteiger partial charge on any atom is 0.0776 e. The van der Waals surface area contributed by atoms with E-state index in [1.54, 1.807) is 0 Å². The van der Waals surface area contributed by atoms with E-state index >= 15 is 0 Å². The van der Waals surface area contributed by atoms with Gasteiger partial charge < -0.3 is 5.11 Å². The summed E-state index contributed by atoms with van der Waals surface area (Å²) in [5.74, 6) is 0.655. The Morgan fingerprint density at radius 1 is 1.46 bits per heavy atom. The lowest BCUT2D eigenvalue weighted by atomic mass is 9.83. The van der Waals surface area contributed by atoms with Gasteiger partial charge in [-0.25, -0.2) is 0 Å². The largest absolute Gasteiger partial charge is 0.391 e. The van der Waals surface area contributed by atoms with E-state index in [4.69, 9.17) is 5.26 Å². The molecule has 0 amide bonds. The number of nitriles is 1. The molecule has 1 aliphatic carbocycles. The van der Waals surface area contributed by atoms with E-state index in [1.165, 1.54) is 25.7 Å². The smallest absolute Gasteiger partial charge is 0.0776 e. The lowest BCUT2D eigenvalue weighted by Crippen LogP contribution is -2.29. The minimum Gasteiger partial charge on any atom is -0.391 e. The number of nitrogens with zero attached hydrogens (tertiary/aromatic N) is 1. The molecule has 2 nitrogen and oxygen atoms in total. The van der Waals surface area contributed by atoms with Crippen LogP contribution in [0.25, 0.3) is 0 Å². The molecule has 0 radical (unpaired) electrons. The average Bonchev–Trinajstić information content (AvgIpc) is 2.57. The fraction of sp³-hybridized carbons (Fsp3) is 0.909. The molecule has 0 aromatic carbocycles. The molecule has 1 rings (SSSR count). The molecule has 0 bridgehead atoms. The molecule has 1 atom stereocenters. The van der Waals surface area contributed by atoms with Crippen molar-refractivity contribution in [2.75, 3.05) is 0 Å². The number of hydrogen-bond donors (Lipinski definition) is 1. The fourth-order valence-corrected chi connectivity index (χ4v) is 1.93. The van der Waals surface area contributed by atoms with E-state index in [0.29, 0.717) is 5.92 Å². The Hall–Kier alpha value is -0.550. The predicted molar refractivity (Wildman–Crippen MR) is 52.0 cm³/mol. The zero-order valence-electron chi connectivity index (χ0n) is 8.58. The molecule has 0 heterocycles. The fourth-order valence-electron chi connectivity index (χ4n) is 1.93. The monoisotopic (exact) mass is 181 g/mol. The molecule has 1 saturated carbocycles. The van der Waals surface area contributed by atoms with Gasteiger partial charge in [-0.1, -0.05) is 25.7 Å². The summed E-state index contributed by atoms with van der Waals surface area (Å²) in [5, 5.41) is 18.6. The van der Waals surface area contributed by atoms with Gasteiger partial charge in [0.05, 0.1) is 17.6 Å². The van der Waals surface area contributed by atoms with Gasteiger partial charge >= 0.3 is 0 Å². The Bertz CT molecular complexity index is 199. The topological polar surface area (TPSA) is 44.0 Å². The molecular formula is C11H19NO. The van der Waals surface area contributed by atoms with E-state index in [9.17, 15) is 5.11 Å². The van der Waals surface area contributed by atoms with Crippen LogP contribution in [0.2, 0.25) is 0 Å². The third-order valence-corrected chi connectivity index (χ3v) is 3.15. The number of aliphatic hydroxyl groups excluding tert-OH is 1. The summed E-state index contributed by atoms with van der Waals surface area (Å²) in [7, 11) is 0. The second-order valence-electron chi connectivity index (χ2n) is 4.74. The van der Waals surface area contributed by atoms with Gasteiger partial charge in [-0.3, -0.25) is 0 Å². The van der Waals surface area contributed by atoms with Crippen LogP contribution in [0.4, 0.5) is 0 Å². The van der Waals surface area contributed by atoms with Gasteiger partial charge in [0, 0.05) is 0 Å². The maximum absolute atomic E-state index is 9.81. The molecule has 0 aromatic rings. The van der Waals surface area contributed by atoms with Crippen molar-refractivity contribution in [3.05, 3.63) is 0 Å². The first-order valence-electron chi connectivity index (χ1n) is 5.15. The summed E-state index contributed by atoms with van der Waals surface area (Å²) in [6, 6.07) is 2.17. The van der Waals surface area contributed by atoms with Crippen molar-refractivity contribution in [1.82, 2.24) is 0 Å². The molecule has 1 fully saturated rings. The molecule has 74 valence electrons. The zero-order valence-corrected chi connectivity index (χ0v) is 8.58. The van der Waals surface area contributed by atoms with E-state index < -0.39 is 11.5 Å². The standard InChI is InChI=1S/C11H19NO/c1-11(2,8-12)10(13)7-9-5-3-4-6-9/h9-10,13H,3-7H2,1-2H3. The summed E-state index contributed by atoms with van der Waals surface area (Å²) in [6.07, 6.45) is 5.41. The van der Waals surface area contributed by atoms with Crippen molar-refractivity contribution in [3.8, 4) is 6.07 Å². The zero-order chi connectivity index (χ0) is 9.90. The van der Waals surface area contributed by atoms with Crippen molar-refractivity contribution < 1.29 is 5.11 Å². The number of hydrogen-bond acceptors (Lipinski definition) is 2. The Morgan fingerprint density at radius 3 is 2.46 bits per heavy atom. The van der Waals surface area contributed by atoms with Gasteiger partial charge in [-0.05, 0) is 26.2 Å². The maximum atomic E-state index is 9.81. The van der Waals surface area contributed by atoms with Gasteiger partial charge in [-0.2, -0.15) is 5.26 Å². The average molecular weight is 181 g/mol. The summed E-state index contributed by atoms with van der Waals surface area (Å²) >= 11 is 0. The van der Waals surface area contributed by atoms with Gasteiger partial charge in [0.1, 0.15) is 0 Å². The molecule has 0 saturated heterocycles. The van der Waals surface area contributed by atoms with Crippen LogP contribution in [0, 0.1) is 22.7 Å². The van der Waals surface area contributed by atoms with Crippen LogP contribution in [0.3, 0.4) is 0 Å². The van der Waals surface area contributed by atoms with Gasteiger partial charge in [0.2, 0.25) is 0 Å². The highest BCUT2D eigenvalue weighted by Crippen LogP contribution is 2.33. The quantitative estimate of drug-likeness (QED) is 0.727. The van der Waals surface area contributed by atoms with Crippen LogP contribution in [-0.2, 0) is 0 Å². The van der Waals surface area contributed by atoms with Gasteiger partial charge in [0.25, 0.3) is 0 Å². The highest BCUT2D eigenvalue weighted by atomic mass is 16.3. The molecule has 0 spiro atoms. The first-order valence-corrected chi connectivity index (χ1v) is 5.15. The van der Waals surface area contributed by atoms with Crippen molar-refractivity contribution in [2.24, 2.45) is 11.3 Å². The molecule has 0 aliphatic heterocycles. The van der Waals surface area contributed by atoms with E-state index in [2.05, 4.69) is 6.07 Å². The van der Waals surface area contributed by atoms with Crippen LogP contribution in [0.5, 0.6) is 0 Å². The van der Waals surface area contributed by atoms with Crippen LogP contribution in [0.15, 0.2) is 0 Å². The highest BCUT2D eigenvalue weighted by Gasteiger charge is 2.30.